The zero-order valence-corrected chi connectivity index (χ0v) is 21.0. The molecule has 0 aromatic heterocycles. The molecule has 0 heterocycles. The van der Waals surface area contributed by atoms with Crippen LogP contribution in [-0.4, -0.2) is 41.5 Å². The third kappa shape index (κ3) is 7.80. The maximum Gasteiger partial charge on any atom is 0.442 e. The fourth-order valence-corrected chi connectivity index (χ4v) is 5.11. The second-order valence-electron chi connectivity index (χ2n) is 9.63. The molecule has 1 atom stereocenters. The number of ether oxygens (including phenoxy) is 1. The standard InChI is InChI=1S/C20H34N2O6SSi/c1-19(2,3)28-18(23)21-29(26,17-12-9-11-16(15-17)22(24)25)14-10-13-27-30(7,8)20(4,5)6/h9,11-12,15H,10,13-14H2,1-8H3. The van der Waals surface area contributed by atoms with Gasteiger partial charge in [0.25, 0.3) is 5.69 Å². The van der Waals surface area contributed by atoms with E-state index in [9.17, 15) is 19.1 Å². The van der Waals surface area contributed by atoms with Gasteiger partial charge in [-0.05, 0) is 51.4 Å². The number of benzene rings is 1. The summed E-state index contributed by atoms with van der Waals surface area (Å²) in [4.78, 5) is 23.0. The molecule has 0 aliphatic rings. The molecule has 0 aliphatic heterocycles. The molecule has 0 saturated heterocycles. The smallest absolute Gasteiger partial charge is 0.442 e. The number of nitro benzene ring substituents is 1. The predicted octanol–water partition coefficient (Wildman–Crippen LogP) is 5.77. The minimum atomic E-state index is -3.27. The Morgan fingerprint density at radius 1 is 1.20 bits per heavy atom. The summed E-state index contributed by atoms with van der Waals surface area (Å²) >= 11 is 0. The fraction of sp³-hybridized carbons (Fsp3) is 0.650. The van der Waals surface area contributed by atoms with E-state index in [0.29, 0.717) is 13.0 Å². The topological polar surface area (TPSA) is 108 Å². The highest BCUT2D eigenvalue weighted by atomic mass is 32.2. The molecule has 1 unspecified atom stereocenters. The van der Waals surface area contributed by atoms with Crippen molar-refractivity contribution in [2.75, 3.05) is 12.4 Å². The third-order valence-electron chi connectivity index (χ3n) is 4.85. The van der Waals surface area contributed by atoms with E-state index in [2.05, 4.69) is 38.2 Å². The van der Waals surface area contributed by atoms with Crippen molar-refractivity contribution in [1.82, 2.24) is 0 Å². The van der Waals surface area contributed by atoms with Gasteiger partial charge in [0.2, 0.25) is 0 Å². The lowest BCUT2D eigenvalue weighted by Crippen LogP contribution is -2.41. The molecule has 0 spiro atoms. The first-order valence-corrected chi connectivity index (χ1v) is 14.4. The highest BCUT2D eigenvalue weighted by molar-refractivity contribution is 7.94. The van der Waals surface area contributed by atoms with E-state index >= 15 is 0 Å². The largest absolute Gasteiger partial charge is 0.442 e. The van der Waals surface area contributed by atoms with Crippen molar-refractivity contribution in [3.8, 4) is 0 Å². The maximum atomic E-state index is 13.6. The normalized spacial score (nSPS) is 14.7. The van der Waals surface area contributed by atoms with E-state index in [1.807, 2.05) is 0 Å². The molecule has 1 rings (SSSR count). The number of carbonyl (C=O) groups is 1. The van der Waals surface area contributed by atoms with Crippen LogP contribution in [0.25, 0.3) is 0 Å². The lowest BCUT2D eigenvalue weighted by molar-refractivity contribution is -0.385. The van der Waals surface area contributed by atoms with Crippen LogP contribution in [0.4, 0.5) is 10.5 Å². The third-order valence-corrected chi connectivity index (χ3v) is 11.7. The lowest BCUT2D eigenvalue weighted by Gasteiger charge is -2.36. The number of non-ortho nitro benzene ring substituents is 1. The van der Waals surface area contributed by atoms with Crippen molar-refractivity contribution in [2.24, 2.45) is 4.36 Å². The fourth-order valence-electron chi connectivity index (χ4n) is 2.21. The number of carbonyl (C=O) groups excluding carboxylic acids is 1. The predicted molar refractivity (Wildman–Crippen MR) is 121 cm³/mol. The van der Waals surface area contributed by atoms with Gasteiger partial charge in [-0.25, -0.2) is 9.00 Å². The number of hydrogen-bond donors (Lipinski definition) is 0. The number of nitrogens with zero attached hydrogens (tertiary/aromatic N) is 2. The van der Waals surface area contributed by atoms with Gasteiger partial charge in [-0.3, -0.25) is 10.1 Å². The van der Waals surface area contributed by atoms with Crippen molar-refractivity contribution in [1.29, 1.82) is 0 Å². The first-order chi connectivity index (χ1) is 13.5. The van der Waals surface area contributed by atoms with Gasteiger partial charge in [0.05, 0.1) is 19.5 Å². The summed E-state index contributed by atoms with van der Waals surface area (Å²) in [5.74, 6) is 0.0298. The van der Waals surface area contributed by atoms with Gasteiger partial charge in [-0.15, -0.1) is 4.36 Å². The van der Waals surface area contributed by atoms with Crippen LogP contribution in [0.1, 0.15) is 48.0 Å². The van der Waals surface area contributed by atoms with Crippen molar-refractivity contribution >= 4 is 29.8 Å². The zero-order valence-electron chi connectivity index (χ0n) is 19.2. The Balaban J connectivity index is 3.16. The number of rotatable bonds is 7. The van der Waals surface area contributed by atoms with Crippen LogP contribution in [0.15, 0.2) is 33.5 Å². The van der Waals surface area contributed by atoms with Gasteiger partial charge in [-0.2, -0.15) is 0 Å². The summed E-state index contributed by atoms with van der Waals surface area (Å²) in [6.45, 7) is 16.0. The molecule has 0 radical (unpaired) electrons. The molecular formula is C20H34N2O6SSi. The lowest BCUT2D eigenvalue weighted by atomic mass is 10.2. The highest BCUT2D eigenvalue weighted by Gasteiger charge is 2.37. The van der Waals surface area contributed by atoms with E-state index in [1.165, 1.54) is 24.3 Å². The van der Waals surface area contributed by atoms with Crippen molar-refractivity contribution in [2.45, 2.75) is 76.6 Å². The van der Waals surface area contributed by atoms with Gasteiger partial charge >= 0.3 is 6.09 Å². The van der Waals surface area contributed by atoms with Crippen molar-refractivity contribution in [3.05, 3.63) is 34.4 Å². The summed E-state index contributed by atoms with van der Waals surface area (Å²) in [5.41, 5.74) is -1.01. The van der Waals surface area contributed by atoms with E-state index < -0.39 is 34.7 Å². The zero-order chi connectivity index (χ0) is 23.4. The van der Waals surface area contributed by atoms with Crippen molar-refractivity contribution < 1.29 is 23.1 Å². The maximum absolute atomic E-state index is 13.6. The summed E-state index contributed by atoms with van der Waals surface area (Å²) in [7, 11) is -5.24. The first kappa shape index (κ1) is 26.3. The second-order valence-corrected chi connectivity index (χ2v) is 16.8. The van der Waals surface area contributed by atoms with E-state index in [-0.39, 0.29) is 21.4 Å². The van der Waals surface area contributed by atoms with Crippen LogP contribution in [0, 0.1) is 10.1 Å². The molecule has 8 nitrogen and oxygen atoms in total. The molecule has 1 amide bonds. The van der Waals surface area contributed by atoms with Gasteiger partial charge in [0, 0.05) is 24.5 Å². The van der Waals surface area contributed by atoms with Gasteiger partial charge < -0.3 is 9.16 Å². The molecule has 170 valence electrons. The van der Waals surface area contributed by atoms with E-state index in [4.69, 9.17) is 9.16 Å². The van der Waals surface area contributed by atoms with Crippen LogP contribution >= 0.6 is 0 Å². The summed E-state index contributed by atoms with van der Waals surface area (Å²) in [6.07, 6.45) is -0.565. The molecule has 30 heavy (non-hydrogen) atoms. The summed E-state index contributed by atoms with van der Waals surface area (Å²) in [5, 5.41) is 11.2. The Kier molecular flexibility index (Phi) is 8.37. The number of hydrogen-bond acceptors (Lipinski definition) is 6. The monoisotopic (exact) mass is 458 g/mol. The number of nitro groups is 1. The Labute approximate surface area is 180 Å². The van der Waals surface area contributed by atoms with Gasteiger partial charge in [0.1, 0.15) is 5.60 Å². The summed E-state index contributed by atoms with van der Waals surface area (Å²) in [6, 6.07) is 5.42. The molecule has 0 aliphatic carbocycles. The van der Waals surface area contributed by atoms with E-state index in [0.717, 1.165) is 0 Å². The quantitative estimate of drug-likeness (QED) is 0.222. The SMILES string of the molecule is CC(C)(C)OC(=O)N=S(=O)(CCCO[Si](C)(C)C(C)(C)C)c1cccc([N+](=O)[O-])c1. The molecule has 10 heteroatoms. The molecule has 0 N–H and O–H groups in total. The average Bonchev–Trinajstić information content (AvgIpc) is 2.56. The van der Waals surface area contributed by atoms with Crippen LogP contribution in [-0.2, 0) is 18.9 Å². The molecule has 0 bridgehead atoms. The van der Waals surface area contributed by atoms with Crippen molar-refractivity contribution in [3.63, 3.8) is 0 Å². The molecule has 1 aromatic rings. The molecular weight excluding hydrogens is 424 g/mol. The minimum absolute atomic E-state index is 0.0298. The van der Waals surface area contributed by atoms with Crippen LogP contribution in [0.3, 0.4) is 0 Å². The van der Waals surface area contributed by atoms with Gasteiger partial charge in [0.15, 0.2) is 8.32 Å². The Morgan fingerprint density at radius 3 is 2.30 bits per heavy atom. The highest BCUT2D eigenvalue weighted by Crippen LogP contribution is 2.36. The van der Waals surface area contributed by atoms with Crippen LogP contribution in [0.5, 0.6) is 0 Å². The van der Waals surface area contributed by atoms with E-state index in [1.54, 1.807) is 20.8 Å². The van der Waals surface area contributed by atoms with Gasteiger partial charge in [-0.1, -0.05) is 26.8 Å². The average molecular weight is 459 g/mol. The van der Waals surface area contributed by atoms with Crippen LogP contribution < -0.4 is 0 Å². The van der Waals surface area contributed by atoms with Crippen LogP contribution in [0.2, 0.25) is 18.1 Å². The molecule has 1 aromatic carbocycles. The number of amides is 1. The minimum Gasteiger partial charge on any atom is -0.442 e. The summed E-state index contributed by atoms with van der Waals surface area (Å²) < 4.78 is 28.8. The Hall–Kier alpha value is -1.78. The molecule has 0 saturated carbocycles. The molecule has 0 fully saturated rings. The first-order valence-electron chi connectivity index (χ1n) is 9.83. The Bertz CT molecular complexity index is 893. The Morgan fingerprint density at radius 2 is 1.80 bits per heavy atom. The second kappa shape index (κ2) is 9.57.